The number of benzene rings is 2. The minimum atomic E-state index is -0.681. The lowest BCUT2D eigenvalue weighted by Crippen LogP contribution is -2.29. The predicted molar refractivity (Wildman–Crippen MR) is 139 cm³/mol. The van der Waals surface area contributed by atoms with Crippen LogP contribution in [0.5, 0.6) is 0 Å². The SMILES string of the molecule is Cc1ccc(-c2csc3nc(CN(Cc4ccco4)CC(O)c4ccccc4)[nH]c(=O)c23)c(C)c1. The Balaban J connectivity index is 1.45. The molecule has 6 nitrogen and oxygen atoms in total. The summed E-state index contributed by atoms with van der Waals surface area (Å²) in [5.41, 5.74) is 4.97. The average molecular weight is 486 g/mol. The Kier molecular flexibility index (Phi) is 6.63. The van der Waals surface area contributed by atoms with Crippen LogP contribution in [0.2, 0.25) is 0 Å². The summed E-state index contributed by atoms with van der Waals surface area (Å²) >= 11 is 1.48. The number of aliphatic hydroxyl groups excluding tert-OH is 1. The Morgan fingerprint density at radius 1 is 1.06 bits per heavy atom. The Hall–Kier alpha value is -3.52. The van der Waals surface area contributed by atoms with Crippen molar-refractivity contribution in [3.8, 4) is 11.1 Å². The van der Waals surface area contributed by atoms with Crippen molar-refractivity contribution in [3.05, 3.63) is 111 Å². The number of hydrogen-bond acceptors (Lipinski definition) is 6. The number of H-pyrrole nitrogens is 1. The highest BCUT2D eigenvalue weighted by Crippen LogP contribution is 2.33. The van der Waals surface area contributed by atoms with Crippen molar-refractivity contribution < 1.29 is 9.52 Å². The summed E-state index contributed by atoms with van der Waals surface area (Å²) in [5, 5.41) is 13.5. The fraction of sp³-hybridized carbons (Fsp3) is 0.214. The quantitative estimate of drug-likeness (QED) is 0.299. The Bertz CT molecular complexity index is 1490. The van der Waals surface area contributed by atoms with E-state index >= 15 is 0 Å². The van der Waals surface area contributed by atoms with Crippen LogP contribution in [0.4, 0.5) is 0 Å². The summed E-state index contributed by atoms with van der Waals surface area (Å²) in [5.74, 6) is 1.34. The van der Waals surface area contributed by atoms with E-state index in [-0.39, 0.29) is 5.56 Å². The summed E-state index contributed by atoms with van der Waals surface area (Å²) in [6.07, 6.45) is 0.951. The number of hydrogen-bond donors (Lipinski definition) is 2. The van der Waals surface area contributed by atoms with Gasteiger partial charge >= 0.3 is 0 Å². The van der Waals surface area contributed by atoms with Crippen molar-refractivity contribution in [1.29, 1.82) is 0 Å². The number of nitrogens with one attached hydrogen (secondary N) is 1. The lowest BCUT2D eigenvalue weighted by Gasteiger charge is -2.24. The van der Waals surface area contributed by atoms with Gasteiger partial charge in [-0.05, 0) is 42.7 Å². The van der Waals surface area contributed by atoms with Gasteiger partial charge in [0.05, 0.1) is 30.8 Å². The molecule has 0 aliphatic heterocycles. The smallest absolute Gasteiger partial charge is 0.260 e. The van der Waals surface area contributed by atoms with Gasteiger partial charge in [-0.1, -0.05) is 54.1 Å². The Morgan fingerprint density at radius 3 is 2.63 bits per heavy atom. The maximum Gasteiger partial charge on any atom is 0.260 e. The molecule has 0 radical (unpaired) electrons. The molecule has 0 spiro atoms. The fourth-order valence-corrected chi connectivity index (χ4v) is 5.38. The lowest BCUT2D eigenvalue weighted by atomic mass is 9.99. The van der Waals surface area contributed by atoms with Gasteiger partial charge in [0.2, 0.25) is 0 Å². The van der Waals surface area contributed by atoms with Crippen LogP contribution in [-0.4, -0.2) is 26.5 Å². The molecule has 0 aliphatic rings. The topological polar surface area (TPSA) is 82.4 Å². The van der Waals surface area contributed by atoms with Gasteiger partial charge in [-0.3, -0.25) is 9.69 Å². The van der Waals surface area contributed by atoms with E-state index in [1.807, 2.05) is 52.7 Å². The summed E-state index contributed by atoms with van der Waals surface area (Å²) < 4.78 is 5.54. The molecule has 7 heteroatoms. The monoisotopic (exact) mass is 485 g/mol. The number of nitrogens with zero attached hydrogens (tertiary/aromatic N) is 2. The first-order valence-corrected chi connectivity index (χ1v) is 12.4. The van der Waals surface area contributed by atoms with Crippen molar-refractivity contribution >= 4 is 21.6 Å². The number of aryl methyl sites for hydroxylation is 2. The third kappa shape index (κ3) is 5.12. The van der Waals surface area contributed by atoms with Crippen LogP contribution in [0.25, 0.3) is 21.3 Å². The first kappa shape index (κ1) is 23.2. The van der Waals surface area contributed by atoms with E-state index in [1.54, 1.807) is 6.26 Å². The van der Waals surface area contributed by atoms with Crippen molar-refractivity contribution in [2.45, 2.75) is 33.0 Å². The second kappa shape index (κ2) is 10.00. The molecule has 0 fully saturated rings. The van der Waals surface area contributed by atoms with Gasteiger partial charge in [0.25, 0.3) is 5.56 Å². The standard InChI is InChI=1S/C28H27N3O3S/c1-18-10-11-22(19(2)13-18)23-17-35-28-26(23)27(33)29-25(30-28)16-31(14-21-9-6-12-34-21)15-24(32)20-7-4-3-5-8-20/h3-13,17,24,32H,14-16H2,1-2H3,(H,29,30,33). The third-order valence-corrected chi connectivity index (χ3v) is 6.99. The zero-order valence-corrected chi connectivity index (χ0v) is 20.5. The van der Waals surface area contributed by atoms with Crippen molar-refractivity contribution in [3.63, 3.8) is 0 Å². The number of aromatic nitrogens is 2. The molecule has 0 bridgehead atoms. The Labute approximate surface area is 207 Å². The van der Waals surface area contributed by atoms with E-state index in [9.17, 15) is 9.90 Å². The summed E-state index contributed by atoms with van der Waals surface area (Å²) in [6, 6.07) is 19.5. The maximum absolute atomic E-state index is 13.2. The van der Waals surface area contributed by atoms with Crippen molar-refractivity contribution in [2.24, 2.45) is 0 Å². The number of aromatic amines is 1. The van der Waals surface area contributed by atoms with Crippen LogP contribution in [0.15, 0.2) is 81.5 Å². The number of rotatable bonds is 8. The Morgan fingerprint density at radius 2 is 1.89 bits per heavy atom. The molecule has 5 aromatic rings. The van der Waals surface area contributed by atoms with E-state index in [2.05, 4.69) is 37.0 Å². The molecular formula is C28H27N3O3S. The molecule has 5 rings (SSSR count). The van der Waals surface area contributed by atoms with Crippen LogP contribution < -0.4 is 5.56 Å². The third-order valence-electron chi connectivity index (χ3n) is 6.11. The summed E-state index contributed by atoms with van der Waals surface area (Å²) in [7, 11) is 0. The molecule has 2 aromatic carbocycles. The highest BCUT2D eigenvalue weighted by molar-refractivity contribution is 7.17. The number of fused-ring (bicyclic) bond motifs is 1. The lowest BCUT2D eigenvalue weighted by molar-refractivity contribution is 0.0989. The first-order chi connectivity index (χ1) is 17.0. The largest absolute Gasteiger partial charge is 0.468 e. The zero-order chi connectivity index (χ0) is 24.4. The molecule has 1 unspecified atom stereocenters. The van der Waals surface area contributed by atoms with E-state index in [0.29, 0.717) is 35.7 Å². The summed E-state index contributed by atoms with van der Waals surface area (Å²) in [6.45, 7) is 5.34. The molecule has 0 amide bonds. The highest BCUT2D eigenvalue weighted by Gasteiger charge is 2.19. The summed E-state index contributed by atoms with van der Waals surface area (Å²) in [4.78, 5) is 23.7. The normalized spacial score (nSPS) is 12.5. The zero-order valence-electron chi connectivity index (χ0n) is 19.7. The van der Waals surface area contributed by atoms with Crippen LogP contribution >= 0.6 is 11.3 Å². The van der Waals surface area contributed by atoms with Gasteiger partial charge in [0.15, 0.2) is 0 Å². The molecule has 178 valence electrons. The average Bonchev–Trinajstić information content (AvgIpc) is 3.50. The molecule has 2 N–H and O–H groups in total. The minimum absolute atomic E-state index is 0.150. The molecule has 3 aromatic heterocycles. The molecular weight excluding hydrogens is 458 g/mol. The van der Waals surface area contributed by atoms with Crippen molar-refractivity contribution in [2.75, 3.05) is 6.54 Å². The maximum atomic E-state index is 13.2. The molecule has 35 heavy (non-hydrogen) atoms. The van der Waals surface area contributed by atoms with Crippen LogP contribution in [-0.2, 0) is 13.1 Å². The first-order valence-electron chi connectivity index (χ1n) is 11.5. The molecule has 1 atom stereocenters. The highest BCUT2D eigenvalue weighted by atomic mass is 32.1. The molecule has 3 heterocycles. The molecule has 0 aliphatic carbocycles. The van der Waals surface area contributed by atoms with E-state index in [4.69, 9.17) is 9.40 Å². The second-order valence-corrected chi connectivity index (χ2v) is 9.69. The number of aliphatic hydroxyl groups is 1. The van der Waals surface area contributed by atoms with Crippen LogP contribution in [0.1, 0.15) is 34.4 Å². The van der Waals surface area contributed by atoms with Gasteiger partial charge < -0.3 is 14.5 Å². The van der Waals surface area contributed by atoms with E-state index < -0.39 is 6.10 Å². The van der Waals surface area contributed by atoms with Gasteiger partial charge in [-0.15, -0.1) is 11.3 Å². The van der Waals surface area contributed by atoms with Gasteiger partial charge in [-0.25, -0.2) is 4.98 Å². The number of thiophene rings is 1. The minimum Gasteiger partial charge on any atom is -0.468 e. The van der Waals surface area contributed by atoms with E-state index in [1.165, 1.54) is 16.9 Å². The van der Waals surface area contributed by atoms with Crippen LogP contribution in [0, 0.1) is 13.8 Å². The molecule has 0 saturated heterocycles. The second-order valence-electron chi connectivity index (χ2n) is 8.84. The van der Waals surface area contributed by atoms with Gasteiger partial charge in [-0.2, -0.15) is 0 Å². The van der Waals surface area contributed by atoms with Gasteiger partial charge in [0, 0.05) is 17.5 Å². The number of furan rings is 1. The fourth-order valence-electron chi connectivity index (χ4n) is 4.43. The van der Waals surface area contributed by atoms with E-state index in [0.717, 1.165) is 28.0 Å². The van der Waals surface area contributed by atoms with Crippen molar-refractivity contribution in [1.82, 2.24) is 14.9 Å². The van der Waals surface area contributed by atoms with Crippen LogP contribution in [0.3, 0.4) is 0 Å². The molecule has 0 saturated carbocycles. The predicted octanol–water partition coefficient (Wildman–Crippen LogP) is 5.60. The van der Waals surface area contributed by atoms with Gasteiger partial charge in [0.1, 0.15) is 16.4 Å².